The number of hydrogen-bond donors (Lipinski definition) is 0. The van der Waals surface area contributed by atoms with E-state index >= 15 is 0 Å². The lowest BCUT2D eigenvalue weighted by atomic mass is 10.2. The molecule has 70 valence electrons. The van der Waals surface area contributed by atoms with Gasteiger partial charge in [0.05, 0.1) is 6.61 Å². The van der Waals surface area contributed by atoms with Crippen LogP contribution < -0.4 is 0 Å². The van der Waals surface area contributed by atoms with Crippen LogP contribution in [0.3, 0.4) is 0 Å². The summed E-state index contributed by atoms with van der Waals surface area (Å²) in [6, 6.07) is 0. The lowest BCUT2D eigenvalue weighted by Crippen LogP contribution is -2.11. The van der Waals surface area contributed by atoms with Gasteiger partial charge in [-0.05, 0) is 19.3 Å². The number of esters is 1. The Hall–Kier alpha value is -0.790. The van der Waals surface area contributed by atoms with E-state index in [2.05, 4.69) is 0 Å². The summed E-state index contributed by atoms with van der Waals surface area (Å²) in [6.45, 7) is 8.36. The van der Waals surface area contributed by atoms with Crippen molar-refractivity contribution in [1.29, 1.82) is 0 Å². The Morgan fingerprint density at radius 1 is 1.50 bits per heavy atom. The highest BCUT2D eigenvalue weighted by molar-refractivity contribution is 5.88. The van der Waals surface area contributed by atoms with Gasteiger partial charge in [0.15, 0.2) is 0 Å². The van der Waals surface area contributed by atoms with Gasteiger partial charge in [0.25, 0.3) is 0 Å². The van der Waals surface area contributed by atoms with Crippen LogP contribution in [0.2, 0.25) is 0 Å². The Bertz CT molecular complexity index is 169. The standard InChI is InChI=1S/C10H18O2/c1-5-9(6-2)10(11)12-7-8(3)4/h5,8H,6-7H2,1-4H3/b9-5+. The van der Waals surface area contributed by atoms with Crippen molar-refractivity contribution in [2.75, 3.05) is 6.61 Å². The van der Waals surface area contributed by atoms with Crippen LogP contribution in [0.5, 0.6) is 0 Å². The van der Waals surface area contributed by atoms with Crippen LogP contribution >= 0.6 is 0 Å². The molecule has 0 aromatic heterocycles. The Labute approximate surface area is 74.6 Å². The van der Waals surface area contributed by atoms with Crippen molar-refractivity contribution < 1.29 is 9.53 Å². The van der Waals surface area contributed by atoms with Crippen LogP contribution in [0.25, 0.3) is 0 Å². The summed E-state index contributed by atoms with van der Waals surface area (Å²) >= 11 is 0. The van der Waals surface area contributed by atoms with E-state index in [1.165, 1.54) is 0 Å². The van der Waals surface area contributed by atoms with Gasteiger partial charge < -0.3 is 4.74 Å². The second-order valence-electron chi connectivity index (χ2n) is 3.16. The summed E-state index contributed by atoms with van der Waals surface area (Å²) in [5, 5.41) is 0. The first-order chi connectivity index (χ1) is 5.61. The summed E-state index contributed by atoms with van der Waals surface area (Å²) in [5.74, 6) is 0.234. The molecule has 0 rings (SSSR count). The highest BCUT2D eigenvalue weighted by Gasteiger charge is 2.07. The minimum absolute atomic E-state index is 0.172. The van der Waals surface area contributed by atoms with E-state index in [9.17, 15) is 4.79 Å². The predicted molar refractivity (Wildman–Crippen MR) is 49.8 cm³/mol. The zero-order valence-electron chi connectivity index (χ0n) is 8.39. The van der Waals surface area contributed by atoms with Gasteiger partial charge in [-0.2, -0.15) is 0 Å². The lowest BCUT2D eigenvalue weighted by molar-refractivity contribution is -0.140. The Balaban J connectivity index is 3.87. The summed E-state index contributed by atoms with van der Waals surface area (Å²) in [4.78, 5) is 11.2. The first kappa shape index (κ1) is 11.2. The van der Waals surface area contributed by atoms with Crippen LogP contribution in [-0.2, 0) is 9.53 Å². The van der Waals surface area contributed by atoms with Crippen LogP contribution in [0, 0.1) is 5.92 Å². The van der Waals surface area contributed by atoms with Gasteiger partial charge in [0, 0.05) is 5.57 Å². The number of ether oxygens (including phenoxy) is 1. The Morgan fingerprint density at radius 3 is 2.42 bits per heavy atom. The average molecular weight is 170 g/mol. The molecule has 0 atom stereocenters. The maximum Gasteiger partial charge on any atom is 0.333 e. The molecule has 0 N–H and O–H groups in total. The van der Waals surface area contributed by atoms with Gasteiger partial charge in [0.1, 0.15) is 0 Å². The van der Waals surface area contributed by atoms with Crippen molar-refractivity contribution in [3.63, 3.8) is 0 Å². The third-order valence-corrected chi connectivity index (χ3v) is 1.54. The molecule has 0 radical (unpaired) electrons. The van der Waals surface area contributed by atoms with E-state index in [1.54, 1.807) is 0 Å². The fraction of sp³-hybridized carbons (Fsp3) is 0.700. The summed E-state index contributed by atoms with van der Waals surface area (Å²) in [5.41, 5.74) is 0.760. The number of allylic oxidation sites excluding steroid dienone is 1. The minimum Gasteiger partial charge on any atom is -0.462 e. The maximum absolute atomic E-state index is 11.2. The van der Waals surface area contributed by atoms with Crippen molar-refractivity contribution in [2.45, 2.75) is 34.1 Å². The molecule has 0 heterocycles. The number of hydrogen-bond acceptors (Lipinski definition) is 2. The quantitative estimate of drug-likeness (QED) is 0.478. The van der Waals surface area contributed by atoms with E-state index in [0.29, 0.717) is 12.5 Å². The van der Waals surface area contributed by atoms with Crippen molar-refractivity contribution in [1.82, 2.24) is 0 Å². The largest absolute Gasteiger partial charge is 0.462 e. The smallest absolute Gasteiger partial charge is 0.333 e. The van der Waals surface area contributed by atoms with Crippen molar-refractivity contribution in [3.8, 4) is 0 Å². The molecule has 0 aliphatic carbocycles. The van der Waals surface area contributed by atoms with E-state index in [0.717, 1.165) is 12.0 Å². The average Bonchev–Trinajstić information content (AvgIpc) is 2.03. The first-order valence-electron chi connectivity index (χ1n) is 4.44. The zero-order chi connectivity index (χ0) is 9.56. The molecule has 0 spiro atoms. The molecule has 0 aliphatic rings. The first-order valence-corrected chi connectivity index (χ1v) is 4.44. The monoisotopic (exact) mass is 170 g/mol. The van der Waals surface area contributed by atoms with E-state index in [1.807, 2.05) is 33.8 Å². The molecule has 0 unspecified atom stereocenters. The molecular weight excluding hydrogens is 152 g/mol. The number of carbonyl (C=O) groups excluding carboxylic acids is 1. The molecule has 0 bridgehead atoms. The van der Waals surface area contributed by atoms with Crippen LogP contribution in [0.1, 0.15) is 34.1 Å². The number of rotatable bonds is 4. The molecule has 12 heavy (non-hydrogen) atoms. The second kappa shape index (κ2) is 5.81. The molecule has 2 heteroatoms. The molecular formula is C10H18O2. The molecule has 0 aliphatic heterocycles. The Morgan fingerprint density at radius 2 is 2.08 bits per heavy atom. The minimum atomic E-state index is -0.172. The molecule has 2 nitrogen and oxygen atoms in total. The van der Waals surface area contributed by atoms with Gasteiger partial charge >= 0.3 is 5.97 Å². The van der Waals surface area contributed by atoms with E-state index in [-0.39, 0.29) is 5.97 Å². The SMILES string of the molecule is C/C=C(\CC)C(=O)OCC(C)C. The van der Waals surface area contributed by atoms with Gasteiger partial charge in [-0.15, -0.1) is 0 Å². The van der Waals surface area contributed by atoms with Gasteiger partial charge in [-0.25, -0.2) is 4.79 Å². The van der Waals surface area contributed by atoms with Crippen LogP contribution in [0.4, 0.5) is 0 Å². The van der Waals surface area contributed by atoms with Crippen molar-refractivity contribution in [3.05, 3.63) is 11.6 Å². The third-order valence-electron chi connectivity index (χ3n) is 1.54. The van der Waals surface area contributed by atoms with Gasteiger partial charge in [-0.3, -0.25) is 0 Å². The maximum atomic E-state index is 11.2. The summed E-state index contributed by atoms with van der Waals surface area (Å²) in [6.07, 6.45) is 2.55. The van der Waals surface area contributed by atoms with E-state index in [4.69, 9.17) is 4.74 Å². The highest BCUT2D eigenvalue weighted by atomic mass is 16.5. The lowest BCUT2D eigenvalue weighted by Gasteiger charge is -2.07. The fourth-order valence-corrected chi connectivity index (χ4v) is 0.801. The molecule has 0 saturated heterocycles. The second-order valence-corrected chi connectivity index (χ2v) is 3.16. The van der Waals surface area contributed by atoms with Crippen LogP contribution in [0.15, 0.2) is 11.6 Å². The predicted octanol–water partition coefficient (Wildman–Crippen LogP) is 2.54. The molecule has 0 aromatic carbocycles. The van der Waals surface area contributed by atoms with Gasteiger partial charge in [0.2, 0.25) is 0 Å². The zero-order valence-corrected chi connectivity index (χ0v) is 8.39. The molecule has 0 fully saturated rings. The normalized spacial score (nSPS) is 11.9. The molecule has 0 amide bonds. The highest BCUT2D eigenvalue weighted by Crippen LogP contribution is 2.04. The fourth-order valence-electron chi connectivity index (χ4n) is 0.801. The summed E-state index contributed by atoms with van der Waals surface area (Å²) < 4.78 is 5.04. The molecule has 0 saturated carbocycles. The van der Waals surface area contributed by atoms with Gasteiger partial charge in [-0.1, -0.05) is 26.8 Å². The van der Waals surface area contributed by atoms with E-state index < -0.39 is 0 Å². The number of carbonyl (C=O) groups is 1. The topological polar surface area (TPSA) is 26.3 Å². The van der Waals surface area contributed by atoms with Crippen molar-refractivity contribution >= 4 is 5.97 Å². The van der Waals surface area contributed by atoms with Crippen LogP contribution in [-0.4, -0.2) is 12.6 Å². The third kappa shape index (κ3) is 4.16. The summed E-state index contributed by atoms with van der Waals surface area (Å²) in [7, 11) is 0. The Kier molecular flexibility index (Phi) is 5.43. The molecule has 0 aromatic rings. The van der Waals surface area contributed by atoms with Crippen molar-refractivity contribution in [2.24, 2.45) is 5.92 Å².